The molecular formula is C54H50N4Si. The molecule has 3 heterocycles. The first-order chi connectivity index (χ1) is 28.5. The summed E-state index contributed by atoms with van der Waals surface area (Å²) in [4.78, 5) is 0. The molecule has 10 rings (SSSR count). The topological polar surface area (TPSA) is 14.7 Å². The molecule has 0 atom stereocenters. The van der Waals surface area contributed by atoms with E-state index >= 15 is 0 Å². The van der Waals surface area contributed by atoms with Gasteiger partial charge in [0.25, 0.3) is 0 Å². The van der Waals surface area contributed by atoms with Crippen molar-refractivity contribution in [3.63, 3.8) is 0 Å². The highest BCUT2D eigenvalue weighted by Gasteiger charge is 2.42. The molecule has 8 aromatic rings. The average molecular weight is 783 g/mol. The maximum Gasteiger partial charge on any atom is 0.179 e. The van der Waals surface area contributed by atoms with Crippen LogP contribution in [0.25, 0.3) is 27.5 Å². The van der Waals surface area contributed by atoms with Crippen molar-refractivity contribution in [2.75, 3.05) is 10.0 Å². The molecule has 7 aromatic carbocycles. The van der Waals surface area contributed by atoms with E-state index in [2.05, 4.69) is 256 Å². The lowest BCUT2D eigenvalue weighted by atomic mass is 9.85. The molecule has 0 unspecified atom stereocenters. The number of rotatable bonds is 6. The lowest BCUT2D eigenvalue weighted by Crippen LogP contribution is -2.74. The molecule has 290 valence electrons. The standard InChI is InChI=1S/C54H50N4Si/c1-53(2,3)39-27-30-49-47(35-39)48-36-40(54(4,5)6)28-31-50(48)57(49)41-29-32-51-52(38-41)55-33-16-17-34-56(55)58(51)42-19-18-26-46(37-42)59(43-20-10-7-11-21-43,44-22-12-8-13-23-44)45-24-14-9-15-25-45/h7-38H,1-6H3. The second-order valence-electron chi connectivity index (χ2n) is 18.0. The van der Waals surface area contributed by atoms with Crippen LogP contribution in [-0.2, 0) is 10.8 Å². The predicted molar refractivity (Wildman–Crippen MR) is 253 cm³/mol. The minimum absolute atomic E-state index is 0.0432. The van der Waals surface area contributed by atoms with Gasteiger partial charge in [0.15, 0.2) is 8.07 Å². The van der Waals surface area contributed by atoms with Crippen molar-refractivity contribution < 1.29 is 0 Å². The molecule has 5 heteroatoms. The second-order valence-corrected chi connectivity index (χ2v) is 21.8. The molecule has 2 aliphatic rings. The first kappa shape index (κ1) is 36.8. The molecule has 0 saturated heterocycles. The van der Waals surface area contributed by atoms with Crippen molar-refractivity contribution in [1.29, 1.82) is 0 Å². The van der Waals surface area contributed by atoms with E-state index in [1.54, 1.807) is 0 Å². The highest BCUT2D eigenvalue weighted by Crippen LogP contribution is 2.47. The van der Waals surface area contributed by atoms with Crippen LogP contribution in [-0.4, -0.2) is 17.8 Å². The van der Waals surface area contributed by atoms with Crippen LogP contribution in [0.15, 0.2) is 194 Å². The SMILES string of the molecule is CC(C)(C)c1ccc2c(c1)c1cc(C(C)(C)C)ccc1n2-c1ccc2c(c1)N1C=CC=CN1N2c1cccc([Si](c2ccccc2)(c2ccccc2)c2ccccc2)c1. The van der Waals surface area contributed by atoms with E-state index in [4.69, 9.17) is 0 Å². The van der Waals surface area contributed by atoms with Crippen LogP contribution >= 0.6 is 0 Å². The number of fused-ring (bicyclic) bond motifs is 6. The van der Waals surface area contributed by atoms with Gasteiger partial charge in [-0.2, -0.15) is 5.12 Å². The predicted octanol–water partition coefficient (Wildman–Crippen LogP) is 10.9. The minimum Gasteiger partial charge on any atom is -0.309 e. The molecule has 0 bridgehead atoms. The van der Waals surface area contributed by atoms with E-state index in [0.717, 1.165) is 22.7 Å². The van der Waals surface area contributed by atoms with Gasteiger partial charge in [-0.15, -0.1) is 0 Å². The van der Waals surface area contributed by atoms with E-state index in [1.807, 2.05) is 0 Å². The highest BCUT2D eigenvalue weighted by molar-refractivity contribution is 7.19. The number of anilines is 3. The number of nitrogens with zero attached hydrogens (tertiary/aromatic N) is 4. The zero-order valence-corrected chi connectivity index (χ0v) is 35.8. The minimum atomic E-state index is -2.74. The Hall–Kier alpha value is -6.56. The largest absolute Gasteiger partial charge is 0.309 e. The maximum atomic E-state index is 2.46. The Bertz CT molecular complexity index is 2750. The van der Waals surface area contributed by atoms with Crippen LogP contribution in [0, 0.1) is 0 Å². The van der Waals surface area contributed by atoms with Crippen LogP contribution in [0.2, 0.25) is 0 Å². The van der Waals surface area contributed by atoms with Crippen LogP contribution in [0.5, 0.6) is 0 Å². The summed E-state index contributed by atoms with van der Waals surface area (Å²) in [6, 6.07) is 63.9. The lowest BCUT2D eigenvalue weighted by molar-refractivity contribution is 0.408. The van der Waals surface area contributed by atoms with E-state index in [0.29, 0.717) is 0 Å². The van der Waals surface area contributed by atoms with Crippen molar-refractivity contribution in [1.82, 2.24) is 9.69 Å². The molecule has 2 aliphatic heterocycles. The van der Waals surface area contributed by atoms with E-state index in [1.165, 1.54) is 53.7 Å². The third kappa shape index (κ3) is 5.94. The van der Waals surface area contributed by atoms with Gasteiger partial charge in [0, 0.05) is 28.9 Å². The Kier molecular flexibility index (Phi) is 8.59. The summed E-state index contributed by atoms with van der Waals surface area (Å²) in [6.07, 6.45) is 8.56. The number of hydrogen-bond acceptors (Lipinski definition) is 3. The Balaban J connectivity index is 1.16. The highest BCUT2D eigenvalue weighted by atomic mass is 28.3. The Labute approximate surface area is 349 Å². The van der Waals surface area contributed by atoms with Gasteiger partial charge in [0.1, 0.15) is 0 Å². The maximum absolute atomic E-state index is 2.74. The zero-order valence-electron chi connectivity index (χ0n) is 34.8. The molecule has 0 amide bonds. The van der Waals surface area contributed by atoms with Crippen molar-refractivity contribution in [2.24, 2.45) is 0 Å². The third-order valence-electron chi connectivity index (χ3n) is 12.3. The molecule has 0 aliphatic carbocycles. The molecular weight excluding hydrogens is 733 g/mol. The molecule has 0 spiro atoms. The zero-order chi connectivity index (χ0) is 40.5. The Morgan fingerprint density at radius 1 is 0.407 bits per heavy atom. The van der Waals surface area contributed by atoms with Gasteiger partial charge in [-0.25, -0.2) is 10.0 Å². The summed E-state index contributed by atoms with van der Waals surface area (Å²) in [5, 5.41) is 14.9. The number of allylic oxidation sites excluding steroid dienone is 2. The molecule has 0 radical (unpaired) electrons. The van der Waals surface area contributed by atoms with Crippen molar-refractivity contribution >= 4 is 67.7 Å². The van der Waals surface area contributed by atoms with Gasteiger partial charge >= 0.3 is 0 Å². The van der Waals surface area contributed by atoms with Gasteiger partial charge in [0.2, 0.25) is 0 Å². The van der Waals surface area contributed by atoms with Crippen molar-refractivity contribution in [2.45, 2.75) is 52.4 Å². The monoisotopic (exact) mass is 782 g/mol. The molecule has 0 fully saturated rings. The number of benzene rings is 7. The number of hydrogen-bond donors (Lipinski definition) is 0. The first-order valence-electron chi connectivity index (χ1n) is 20.8. The third-order valence-corrected chi connectivity index (χ3v) is 17.1. The fraction of sp³-hybridized carbons (Fsp3) is 0.148. The molecule has 0 saturated carbocycles. The first-order valence-corrected chi connectivity index (χ1v) is 22.8. The van der Waals surface area contributed by atoms with E-state index < -0.39 is 8.07 Å². The number of hydrazine groups is 2. The summed E-state index contributed by atoms with van der Waals surface area (Å²) < 4.78 is 2.46. The van der Waals surface area contributed by atoms with Crippen LogP contribution in [0.1, 0.15) is 52.7 Å². The van der Waals surface area contributed by atoms with Gasteiger partial charge in [0.05, 0.1) is 28.1 Å². The van der Waals surface area contributed by atoms with E-state index in [9.17, 15) is 0 Å². The second kappa shape index (κ2) is 13.8. The van der Waals surface area contributed by atoms with E-state index in [-0.39, 0.29) is 10.8 Å². The summed E-state index contributed by atoms with van der Waals surface area (Å²) >= 11 is 0. The summed E-state index contributed by atoms with van der Waals surface area (Å²) in [7, 11) is -2.74. The fourth-order valence-electron chi connectivity index (χ4n) is 9.30. The summed E-state index contributed by atoms with van der Waals surface area (Å²) in [5.41, 5.74) is 9.71. The van der Waals surface area contributed by atoms with Crippen molar-refractivity contribution in [3.8, 4) is 5.69 Å². The Morgan fingerprint density at radius 3 is 1.44 bits per heavy atom. The van der Waals surface area contributed by atoms with Crippen LogP contribution < -0.4 is 30.8 Å². The summed E-state index contributed by atoms with van der Waals surface area (Å²) in [5.74, 6) is 0. The van der Waals surface area contributed by atoms with Gasteiger partial charge in [-0.1, -0.05) is 157 Å². The van der Waals surface area contributed by atoms with Gasteiger partial charge < -0.3 is 4.57 Å². The smallest absolute Gasteiger partial charge is 0.179 e. The molecule has 1 aromatic heterocycles. The normalized spacial score (nSPS) is 14.0. The molecule has 59 heavy (non-hydrogen) atoms. The van der Waals surface area contributed by atoms with Crippen molar-refractivity contribution in [3.05, 3.63) is 206 Å². The molecule has 0 N–H and O–H groups in total. The van der Waals surface area contributed by atoms with Gasteiger partial charge in [-0.3, -0.25) is 0 Å². The van der Waals surface area contributed by atoms with Crippen LogP contribution in [0.3, 0.4) is 0 Å². The molecule has 4 nitrogen and oxygen atoms in total. The summed E-state index contributed by atoms with van der Waals surface area (Å²) in [6.45, 7) is 13.8. The Morgan fingerprint density at radius 2 is 0.915 bits per heavy atom. The van der Waals surface area contributed by atoms with Crippen LogP contribution in [0.4, 0.5) is 17.1 Å². The average Bonchev–Trinajstić information content (AvgIpc) is 3.76. The van der Waals surface area contributed by atoms with Gasteiger partial charge in [-0.05, 0) is 109 Å². The quantitative estimate of drug-likeness (QED) is 0.123. The number of aromatic nitrogens is 1. The fourth-order valence-corrected chi connectivity index (χ4v) is 14.1. The lowest BCUT2D eigenvalue weighted by Gasteiger charge is -2.37.